The van der Waals surface area contributed by atoms with Gasteiger partial charge in [-0.1, -0.05) is 167 Å². The Morgan fingerprint density at radius 1 is 0.397 bits per heavy atom. The normalized spacial score (nSPS) is 37.0. The molecule has 4 amide bonds. The molecule has 0 radical (unpaired) electrons. The Bertz CT molecular complexity index is 3500. The second-order valence-electron chi connectivity index (χ2n) is 36.4. The summed E-state index contributed by atoms with van der Waals surface area (Å²) in [6.45, 7) is -2.02. The quantitative estimate of drug-likeness (QED) is 0.0199. The van der Waals surface area contributed by atoms with Crippen molar-refractivity contribution >= 4 is 35.6 Å². The van der Waals surface area contributed by atoms with Crippen LogP contribution < -0.4 is 21.3 Å². The van der Waals surface area contributed by atoms with Crippen molar-refractivity contribution in [3.63, 3.8) is 0 Å². The van der Waals surface area contributed by atoms with Crippen molar-refractivity contribution in [1.82, 2.24) is 21.3 Å². The van der Waals surface area contributed by atoms with Crippen LogP contribution >= 0.6 is 0 Å². The third kappa shape index (κ3) is 33.1. The molecule has 7 aliphatic rings. The van der Waals surface area contributed by atoms with E-state index in [-0.39, 0.29) is 12.3 Å². The lowest BCUT2D eigenvalue weighted by molar-refractivity contribution is -0.394. The number of rotatable bonds is 60. The van der Waals surface area contributed by atoms with Crippen LogP contribution in [-0.4, -0.2) is 449 Å². The molecule has 14 unspecified atom stereocenters. The standard InChI is InChI=1S/C88H154N4O44/c1-6-8-10-12-14-16-18-20-22-24-26-28-30-32-48(102)47(92-58(107)33-31-29-27-25-23-21-19-17-15-13-11-9-7-2)42-123-81-69(115)67(113)73(55(40-97)127-81)130-82-70(116)68(114)74(56(41-98)128-82)131-83-71(117)78(64(110)53(38-95)125-83)133-80-61(91-46(5)101)75(66(112)57(129-80)43-124-87(85(119)120)34-49(103)59(89-44(3)99)76(134-87)62(108)51(105)36-93)132-84-72(118)79(65(111)54(39-96)126-84)136-88(86(121)122)35-50(104)60(90-45(4)100)77(135-88)63(109)52(106)37-94/h30,32,47-57,59-84,93-98,102-106,108-118H,6-29,31,33-43H2,1-5H3,(H,89,99)(H,90,100)(H,91,101)(H,92,107)(H,119,120)(H,121,122)/b32-30+/t47-,48+,49?,50?,51+,52+,53?,54?,55?,56?,57?,59+,60+,61?,62+,63+,64-,65-,66-,67+,68+,69?,70?,71?,72?,73+,74-,75+,76?,77?,78-,79-,80-,81+,82-,83-,84-,87+,88-/m0/s1. The minimum absolute atomic E-state index is 0.130. The smallest absolute Gasteiger partial charge is 0.364 e. The number of carboxylic acid groups (broad SMARTS) is 2. The highest BCUT2D eigenvalue weighted by Gasteiger charge is 2.64. The number of carbonyl (C=O) groups excluding carboxylic acids is 4. The van der Waals surface area contributed by atoms with Gasteiger partial charge in [0, 0.05) is 40.0 Å². The molecule has 7 aliphatic heterocycles. The maximum atomic E-state index is 13.6. The predicted octanol–water partition coefficient (Wildman–Crippen LogP) is -6.82. The molecule has 136 heavy (non-hydrogen) atoms. The molecule has 0 spiro atoms. The summed E-state index contributed by atoms with van der Waals surface area (Å²) in [5.41, 5.74) is 0. The zero-order chi connectivity index (χ0) is 100. The molecule has 39 atom stereocenters. The van der Waals surface area contributed by atoms with Crippen LogP contribution in [0.5, 0.6) is 0 Å². The molecule has 790 valence electrons. The predicted molar refractivity (Wildman–Crippen MR) is 463 cm³/mol. The molecule has 7 saturated heterocycles. The van der Waals surface area contributed by atoms with E-state index in [0.29, 0.717) is 12.8 Å². The summed E-state index contributed by atoms with van der Waals surface area (Å²) in [6.07, 6.45) is -45.0. The average Bonchev–Trinajstić information content (AvgIpc) is 0.756. The number of hydrogen-bond donors (Lipinski definition) is 28. The number of hydrogen-bond acceptors (Lipinski definition) is 42. The van der Waals surface area contributed by atoms with Crippen LogP contribution in [0, 0.1) is 0 Å². The third-order valence-electron chi connectivity index (χ3n) is 25.7. The Morgan fingerprint density at radius 2 is 0.757 bits per heavy atom. The van der Waals surface area contributed by atoms with Crippen LogP contribution in [0.15, 0.2) is 12.2 Å². The molecule has 7 fully saturated rings. The number of aliphatic carboxylic acids is 2. The molecule has 0 aromatic heterocycles. The third-order valence-corrected chi connectivity index (χ3v) is 25.7. The van der Waals surface area contributed by atoms with Crippen LogP contribution in [0.3, 0.4) is 0 Å². The highest BCUT2D eigenvalue weighted by molar-refractivity contribution is 5.78. The van der Waals surface area contributed by atoms with Gasteiger partial charge in [-0.15, -0.1) is 0 Å². The first kappa shape index (κ1) is 118. The van der Waals surface area contributed by atoms with Gasteiger partial charge in [0.2, 0.25) is 23.6 Å². The van der Waals surface area contributed by atoms with Crippen LogP contribution in [0.2, 0.25) is 0 Å². The molecule has 7 heterocycles. The van der Waals surface area contributed by atoms with Gasteiger partial charge in [-0.25, -0.2) is 9.59 Å². The molecular weight excluding hydrogens is 1820 g/mol. The van der Waals surface area contributed by atoms with Crippen molar-refractivity contribution < 1.29 is 218 Å². The van der Waals surface area contributed by atoms with E-state index in [2.05, 4.69) is 35.1 Å². The monoisotopic (exact) mass is 1970 g/mol. The van der Waals surface area contributed by atoms with E-state index in [1.165, 1.54) is 89.5 Å². The summed E-state index contributed by atoms with van der Waals surface area (Å²) >= 11 is 0. The molecule has 48 nitrogen and oxygen atoms in total. The fraction of sp³-hybridized carbons (Fsp3) is 0.909. The topological polar surface area (TPSA) is 765 Å². The first-order chi connectivity index (χ1) is 64.8. The van der Waals surface area contributed by atoms with Gasteiger partial charge < -0.3 is 210 Å². The maximum absolute atomic E-state index is 13.6. The van der Waals surface area contributed by atoms with E-state index < -0.39 is 333 Å². The van der Waals surface area contributed by atoms with Crippen LogP contribution in [0.4, 0.5) is 0 Å². The van der Waals surface area contributed by atoms with Gasteiger partial charge in [-0.05, 0) is 19.3 Å². The largest absolute Gasteiger partial charge is 0.477 e. The lowest BCUT2D eigenvalue weighted by Gasteiger charge is -2.52. The summed E-state index contributed by atoms with van der Waals surface area (Å²) in [5.74, 6) is -14.3. The molecule has 28 N–H and O–H groups in total. The van der Waals surface area contributed by atoms with Crippen molar-refractivity contribution in [2.45, 2.75) is 453 Å². The molecule has 0 bridgehead atoms. The number of carboxylic acids is 2. The van der Waals surface area contributed by atoms with Crippen molar-refractivity contribution in [2.24, 2.45) is 0 Å². The van der Waals surface area contributed by atoms with Gasteiger partial charge in [0.25, 0.3) is 11.6 Å². The van der Waals surface area contributed by atoms with Crippen molar-refractivity contribution in [3.8, 4) is 0 Å². The number of nitrogens with one attached hydrogen (secondary N) is 4. The maximum Gasteiger partial charge on any atom is 0.364 e. The number of ether oxygens (including phenoxy) is 14. The Kier molecular flexibility index (Phi) is 51.0. The van der Waals surface area contributed by atoms with Gasteiger partial charge in [0.05, 0.1) is 89.3 Å². The number of amides is 4. The molecular formula is C88H154N4O44. The second-order valence-corrected chi connectivity index (χ2v) is 36.4. The highest BCUT2D eigenvalue weighted by atomic mass is 16.8. The minimum Gasteiger partial charge on any atom is -0.477 e. The highest BCUT2D eigenvalue weighted by Crippen LogP contribution is 2.43. The Morgan fingerprint density at radius 3 is 1.20 bits per heavy atom. The Balaban J connectivity index is 1.12. The number of unbranched alkanes of at least 4 members (excludes halogenated alkanes) is 23. The summed E-state index contributed by atoms with van der Waals surface area (Å²) < 4.78 is 83.2. The first-order valence-electron chi connectivity index (χ1n) is 47.7. The fourth-order valence-corrected chi connectivity index (χ4v) is 17.9. The minimum atomic E-state index is -3.40. The Hall–Kier alpha value is -4.88. The van der Waals surface area contributed by atoms with Crippen molar-refractivity contribution in [1.29, 1.82) is 0 Å². The SMILES string of the molecule is CCCCCCCCCCCCC/C=C/[C@@H](O)[C@H](CO[C@@H]1OC(CO)[C@@H](O[C@@H]2OC(CO)[C@H](O[C@@H]3OC(CO)[C@H](O)[C@H](O[C@@H]4OC(CO[C@]5(C(=O)O)CC(O)[C@@H](NC(C)=O)C([C@H](O)[C@H](O)CO)O5)[C@H](O)[C@H](O[C@@H]5OC(CO)[C@H](O)[C@H](O[C@]6(C(=O)O)CC(O)[C@@H](NC(C)=O)C([C@H](O)[C@H](O)CO)O6)C5O)C4NC(C)=O)C3O)[C@H](O)C2O)[C@H](O)C1O)NC(=O)CCCCCCCCCCCCCCC. The molecule has 0 aromatic rings. The van der Waals surface area contributed by atoms with Crippen molar-refractivity contribution in [3.05, 3.63) is 12.2 Å². The number of allylic oxidation sites excluding steroid dienone is 1. The second kappa shape index (κ2) is 58.8. The molecule has 48 heteroatoms. The van der Waals surface area contributed by atoms with E-state index in [9.17, 15) is 151 Å². The zero-order valence-corrected chi connectivity index (χ0v) is 77.9. The van der Waals surface area contributed by atoms with E-state index in [1.54, 1.807) is 6.08 Å². The lowest BCUT2D eigenvalue weighted by Crippen LogP contribution is -2.72. The molecule has 0 aromatic carbocycles. The van der Waals surface area contributed by atoms with E-state index in [0.717, 1.165) is 85.0 Å². The molecule has 0 aliphatic carbocycles. The van der Waals surface area contributed by atoms with Gasteiger partial charge >= 0.3 is 11.9 Å². The summed E-state index contributed by atoms with van der Waals surface area (Å²) in [7, 11) is 0. The van der Waals surface area contributed by atoms with Crippen LogP contribution in [0.25, 0.3) is 0 Å². The van der Waals surface area contributed by atoms with Gasteiger partial charge in [-0.2, -0.15) is 0 Å². The summed E-state index contributed by atoms with van der Waals surface area (Å²) in [4.78, 5) is 79.0. The van der Waals surface area contributed by atoms with E-state index in [4.69, 9.17) is 66.3 Å². The Labute approximate surface area is 789 Å². The zero-order valence-electron chi connectivity index (χ0n) is 77.9. The first-order valence-corrected chi connectivity index (χ1v) is 47.7. The van der Waals surface area contributed by atoms with Gasteiger partial charge in [0.1, 0.15) is 159 Å². The molecule has 7 rings (SSSR count). The van der Waals surface area contributed by atoms with Crippen LogP contribution in [0.1, 0.15) is 214 Å². The van der Waals surface area contributed by atoms with E-state index in [1.807, 2.05) is 0 Å². The molecule has 0 saturated carbocycles. The van der Waals surface area contributed by atoms with Crippen molar-refractivity contribution in [2.75, 3.05) is 52.9 Å². The number of aliphatic hydroxyl groups excluding tert-OH is 22. The number of aliphatic hydroxyl groups is 22. The van der Waals surface area contributed by atoms with Gasteiger partial charge in [0.15, 0.2) is 31.5 Å². The fourth-order valence-electron chi connectivity index (χ4n) is 17.9. The lowest BCUT2D eigenvalue weighted by atomic mass is 9.88. The average molecular weight is 1970 g/mol. The summed E-state index contributed by atoms with van der Waals surface area (Å²) in [5, 5.41) is 281. The van der Waals surface area contributed by atoms with Crippen LogP contribution in [-0.2, 0) is 95.1 Å². The number of carbonyl (C=O) groups is 6. The van der Waals surface area contributed by atoms with E-state index >= 15 is 0 Å². The summed E-state index contributed by atoms with van der Waals surface area (Å²) in [6, 6.07) is -6.95. The van der Waals surface area contributed by atoms with Gasteiger partial charge in [-0.3, -0.25) is 19.2 Å².